The van der Waals surface area contributed by atoms with E-state index < -0.39 is 36.0 Å². The lowest BCUT2D eigenvalue weighted by molar-refractivity contribution is -0.136. The van der Waals surface area contributed by atoms with Gasteiger partial charge in [0.05, 0.1) is 33.0 Å². The molecule has 4 aromatic rings. The monoisotopic (exact) mass is 478 g/mol. The van der Waals surface area contributed by atoms with E-state index in [0.29, 0.717) is 16.8 Å². The van der Waals surface area contributed by atoms with E-state index in [2.05, 4.69) is 15.4 Å². The largest absolute Gasteiger partial charge is 0.467 e. The van der Waals surface area contributed by atoms with Gasteiger partial charge in [0.25, 0.3) is 5.91 Å². The topological polar surface area (TPSA) is 69.0 Å². The minimum atomic E-state index is -4.75. The highest BCUT2D eigenvalue weighted by atomic mass is 35.5. The molecule has 170 valence electrons. The molecule has 0 unspecified atom stereocenters. The van der Waals surface area contributed by atoms with Crippen LogP contribution in [0, 0.1) is 12.7 Å². The number of halogens is 5. The van der Waals surface area contributed by atoms with Gasteiger partial charge in [0.15, 0.2) is 12.3 Å². The first-order valence-corrected chi connectivity index (χ1v) is 9.92. The van der Waals surface area contributed by atoms with Gasteiger partial charge in [0, 0.05) is 6.07 Å². The van der Waals surface area contributed by atoms with Crippen LogP contribution in [0.3, 0.4) is 0 Å². The van der Waals surface area contributed by atoms with Crippen molar-refractivity contribution in [2.24, 2.45) is 0 Å². The number of carbonyl (C=O) groups is 1. The number of rotatable bonds is 5. The van der Waals surface area contributed by atoms with Gasteiger partial charge in [-0.05, 0) is 37.3 Å². The van der Waals surface area contributed by atoms with Crippen LogP contribution < -0.4 is 10.1 Å². The molecular formula is C22H15ClF4N4O2. The molecule has 0 spiro atoms. The fourth-order valence-corrected chi connectivity index (χ4v) is 3.42. The molecular weight excluding hydrogens is 464 g/mol. The highest BCUT2D eigenvalue weighted by Crippen LogP contribution is 2.38. The van der Waals surface area contributed by atoms with Gasteiger partial charge in [-0.3, -0.25) is 4.79 Å². The zero-order valence-electron chi connectivity index (χ0n) is 17.0. The maximum atomic E-state index is 13.8. The van der Waals surface area contributed by atoms with E-state index in [1.54, 1.807) is 24.3 Å². The van der Waals surface area contributed by atoms with Crippen LogP contribution >= 0.6 is 11.6 Å². The van der Waals surface area contributed by atoms with Crippen molar-refractivity contribution in [1.82, 2.24) is 14.8 Å². The number of aromatic nitrogens is 3. The number of pyridine rings is 1. The number of benzene rings is 2. The Bertz CT molecular complexity index is 1350. The number of aryl methyl sites for hydroxylation is 1. The Morgan fingerprint density at radius 2 is 1.91 bits per heavy atom. The zero-order valence-corrected chi connectivity index (χ0v) is 17.7. The van der Waals surface area contributed by atoms with Crippen LogP contribution in [0.25, 0.3) is 16.7 Å². The molecule has 0 saturated heterocycles. The minimum Gasteiger partial charge on any atom is -0.467 e. The number of carbonyl (C=O) groups excluding carboxylic acids is 1. The van der Waals surface area contributed by atoms with Crippen LogP contribution in [0.4, 0.5) is 23.2 Å². The molecule has 0 aliphatic rings. The number of nitrogens with zero attached hydrogens (tertiary/aromatic N) is 3. The molecule has 0 aliphatic heterocycles. The van der Waals surface area contributed by atoms with E-state index in [-0.39, 0.29) is 22.4 Å². The van der Waals surface area contributed by atoms with Crippen molar-refractivity contribution in [2.75, 3.05) is 11.9 Å². The lowest BCUT2D eigenvalue weighted by Crippen LogP contribution is -2.21. The highest BCUT2D eigenvalue weighted by molar-refractivity contribution is 6.33. The number of amides is 1. The molecule has 1 amide bonds. The van der Waals surface area contributed by atoms with E-state index in [1.807, 2.05) is 0 Å². The molecule has 0 saturated carbocycles. The summed E-state index contributed by atoms with van der Waals surface area (Å²) in [5.41, 5.74) is -0.657. The van der Waals surface area contributed by atoms with E-state index in [1.165, 1.54) is 25.1 Å². The second kappa shape index (κ2) is 8.70. The van der Waals surface area contributed by atoms with Crippen LogP contribution in [-0.4, -0.2) is 27.3 Å². The summed E-state index contributed by atoms with van der Waals surface area (Å²) in [6.07, 6.45) is -4.75. The molecule has 0 fully saturated rings. The van der Waals surface area contributed by atoms with Gasteiger partial charge >= 0.3 is 6.18 Å². The van der Waals surface area contributed by atoms with Gasteiger partial charge < -0.3 is 10.1 Å². The van der Waals surface area contributed by atoms with Crippen LogP contribution in [0.1, 0.15) is 11.3 Å². The van der Waals surface area contributed by atoms with Crippen molar-refractivity contribution >= 4 is 34.2 Å². The molecule has 4 rings (SSSR count). The average molecular weight is 479 g/mol. The van der Waals surface area contributed by atoms with E-state index in [0.717, 1.165) is 10.7 Å². The molecule has 2 heterocycles. The van der Waals surface area contributed by atoms with Crippen molar-refractivity contribution in [3.05, 3.63) is 76.7 Å². The summed E-state index contributed by atoms with van der Waals surface area (Å²) in [5, 5.41) is 6.66. The van der Waals surface area contributed by atoms with Crippen molar-refractivity contribution < 1.29 is 27.1 Å². The Labute approximate surface area is 189 Å². The van der Waals surface area contributed by atoms with Crippen LogP contribution in [0.15, 0.2) is 54.6 Å². The van der Waals surface area contributed by atoms with E-state index >= 15 is 0 Å². The Kier molecular flexibility index (Phi) is 5.94. The predicted octanol–water partition coefficient (Wildman–Crippen LogP) is 5.56. The van der Waals surface area contributed by atoms with Gasteiger partial charge in [-0.2, -0.15) is 23.3 Å². The van der Waals surface area contributed by atoms with Crippen molar-refractivity contribution in [3.8, 4) is 11.6 Å². The summed E-state index contributed by atoms with van der Waals surface area (Å²) in [5.74, 6) is -1.68. The molecule has 0 atom stereocenters. The number of nitrogens with one attached hydrogen (secondary N) is 1. The van der Waals surface area contributed by atoms with Gasteiger partial charge in [-0.25, -0.2) is 9.07 Å². The second-order valence-corrected chi connectivity index (χ2v) is 7.41. The zero-order chi connectivity index (χ0) is 23.8. The minimum absolute atomic E-state index is 0.0529. The number of alkyl halides is 3. The first-order valence-electron chi connectivity index (χ1n) is 9.54. The van der Waals surface area contributed by atoms with E-state index in [9.17, 15) is 22.4 Å². The van der Waals surface area contributed by atoms with Gasteiger partial charge in [-0.15, -0.1) is 0 Å². The van der Waals surface area contributed by atoms with Gasteiger partial charge in [0.1, 0.15) is 5.82 Å². The summed E-state index contributed by atoms with van der Waals surface area (Å²) in [6.45, 7) is 0.779. The molecule has 2 aromatic carbocycles. The predicted molar refractivity (Wildman–Crippen MR) is 114 cm³/mol. The number of hydrogen-bond donors (Lipinski definition) is 1. The lowest BCUT2D eigenvalue weighted by Gasteiger charge is -2.12. The second-order valence-electron chi connectivity index (χ2n) is 7.00. The van der Waals surface area contributed by atoms with Gasteiger partial charge in [-0.1, -0.05) is 29.8 Å². The Morgan fingerprint density at radius 1 is 1.15 bits per heavy atom. The number of ether oxygens (including phenoxy) is 1. The average Bonchev–Trinajstić information content (AvgIpc) is 3.09. The Morgan fingerprint density at radius 3 is 2.61 bits per heavy atom. The third-order valence-corrected chi connectivity index (χ3v) is 4.98. The summed E-state index contributed by atoms with van der Waals surface area (Å²) < 4.78 is 61.5. The summed E-state index contributed by atoms with van der Waals surface area (Å²) in [4.78, 5) is 16.3. The summed E-state index contributed by atoms with van der Waals surface area (Å²) >= 11 is 5.98. The van der Waals surface area contributed by atoms with Crippen molar-refractivity contribution in [2.45, 2.75) is 13.1 Å². The third kappa shape index (κ3) is 4.75. The standard InChI is InChI=1S/C22H15ClF4N4O2/c1-12-20-15(22(25,26)27)10-19(33-11-18(32)28-17-8-3-2-7-16(17)23)29-21(20)31(30-12)14-6-4-5-13(24)9-14/h2-10H,11H2,1H3,(H,28,32). The van der Waals surface area contributed by atoms with Gasteiger partial charge in [0.2, 0.25) is 5.88 Å². The highest BCUT2D eigenvalue weighted by Gasteiger charge is 2.36. The van der Waals surface area contributed by atoms with E-state index in [4.69, 9.17) is 16.3 Å². The van der Waals surface area contributed by atoms with Crippen molar-refractivity contribution in [1.29, 1.82) is 0 Å². The Hall–Kier alpha value is -3.66. The van der Waals surface area contributed by atoms with Crippen LogP contribution in [0.2, 0.25) is 5.02 Å². The SMILES string of the molecule is Cc1nn(-c2cccc(F)c2)c2nc(OCC(=O)Nc3ccccc3Cl)cc(C(F)(F)F)c12. The number of fused-ring (bicyclic) bond motifs is 1. The maximum Gasteiger partial charge on any atom is 0.417 e. The quantitative estimate of drug-likeness (QED) is 0.381. The number of anilines is 1. The molecule has 11 heteroatoms. The van der Waals surface area contributed by atoms with Crippen molar-refractivity contribution in [3.63, 3.8) is 0 Å². The maximum absolute atomic E-state index is 13.8. The lowest BCUT2D eigenvalue weighted by atomic mass is 10.1. The number of hydrogen-bond acceptors (Lipinski definition) is 4. The third-order valence-electron chi connectivity index (χ3n) is 4.65. The molecule has 6 nitrogen and oxygen atoms in total. The van der Waals surface area contributed by atoms with Crippen LogP contribution in [-0.2, 0) is 11.0 Å². The summed E-state index contributed by atoms with van der Waals surface area (Å²) in [7, 11) is 0. The van der Waals surface area contributed by atoms with Crippen LogP contribution in [0.5, 0.6) is 5.88 Å². The normalized spacial score (nSPS) is 11.6. The first kappa shape index (κ1) is 22.5. The number of para-hydroxylation sites is 1. The Balaban J connectivity index is 1.70. The molecule has 0 radical (unpaired) electrons. The first-order chi connectivity index (χ1) is 15.6. The molecule has 0 aliphatic carbocycles. The molecule has 2 aromatic heterocycles. The fourth-order valence-electron chi connectivity index (χ4n) is 3.24. The fraction of sp³-hybridized carbons (Fsp3) is 0.136. The molecule has 1 N–H and O–H groups in total. The molecule has 33 heavy (non-hydrogen) atoms. The molecule has 0 bridgehead atoms. The summed E-state index contributed by atoms with van der Waals surface area (Å²) in [6, 6.07) is 12.4. The smallest absolute Gasteiger partial charge is 0.417 e.